The SMILES string of the molecule is CNCCc1cnc2n1-c1ccccc1C(c1ccccc1)=NC2. The molecule has 3 aromatic rings. The van der Waals surface area contributed by atoms with Crippen molar-refractivity contribution in [2.45, 2.75) is 13.0 Å². The Labute approximate surface area is 141 Å². The van der Waals surface area contributed by atoms with Crippen molar-refractivity contribution in [3.05, 3.63) is 83.4 Å². The van der Waals surface area contributed by atoms with Gasteiger partial charge >= 0.3 is 0 Å². The molecule has 0 atom stereocenters. The van der Waals surface area contributed by atoms with E-state index < -0.39 is 0 Å². The zero-order chi connectivity index (χ0) is 16.4. The lowest BCUT2D eigenvalue weighted by Crippen LogP contribution is -2.14. The van der Waals surface area contributed by atoms with Gasteiger partial charge in [-0.15, -0.1) is 0 Å². The molecule has 0 amide bonds. The van der Waals surface area contributed by atoms with Crippen LogP contribution in [-0.2, 0) is 13.0 Å². The van der Waals surface area contributed by atoms with Crippen LogP contribution in [0.4, 0.5) is 0 Å². The van der Waals surface area contributed by atoms with Crippen LogP contribution in [0.15, 0.2) is 65.8 Å². The van der Waals surface area contributed by atoms with Gasteiger partial charge in [0.2, 0.25) is 0 Å². The highest BCUT2D eigenvalue weighted by atomic mass is 15.1. The van der Waals surface area contributed by atoms with Crippen LogP contribution in [0.5, 0.6) is 0 Å². The van der Waals surface area contributed by atoms with Crippen LogP contribution in [0.3, 0.4) is 0 Å². The highest BCUT2D eigenvalue weighted by molar-refractivity contribution is 6.15. The minimum Gasteiger partial charge on any atom is -0.319 e. The molecule has 0 saturated heterocycles. The van der Waals surface area contributed by atoms with Crippen molar-refractivity contribution in [1.29, 1.82) is 0 Å². The van der Waals surface area contributed by atoms with Gasteiger partial charge < -0.3 is 5.32 Å². The number of rotatable bonds is 4. The molecule has 4 heteroatoms. The van der Waals surface area contributed by atoms with E-state index in [1.165, 1.54) is 5.69 Å². The van der Waals surface area contributed by atoms with Gasteiger partial charge in [0, 0.05) is 36.0 Å². The summed E-state index contributed by atoms with van der Waals surface area (Å²) in [4.78, 5) is 9.51. The summed E-state index contributed by atoms with van der Waals surface area (Å²) in [6.07, 6.45) is 2.92. The van der Waals surface area contributed by atoms with Crippen LogP contribution in [0.25, 0.3) is 5.69 Å². The summed E-state index contributed by atoms with van der Waals surface area (Å²) in [5.41, 5.74) is 5.72. The highest BCUT2D eigenvalue weighted by Gasteiger charge is 2.20. The quantitative estimate of drug-likeness (QED) is 0.804. The monoisotopic (exact) mass is 316 g/mol. The van der Waals surface area contributed by atoms with E-state index in [-0.39, 0.29) is 0 Å². The molecule has 4 nitrogen and oxygen atoms in total. The third-order valence-corrected chi connectivity index (χ3v) is 4.36. The van der Waals surface area contributed by atoms with Crippen molar-refractivity contribution in [3.8, 4) is 5.69 Å². The molecule has 0 unspecified atom stereocenters. The predicted molar refractivity (Wildman–Crippen MR) is 97.0 cm³/mol. The lowest BCUT2D eigenvalue weighted by molar-refractivity contribution is 0.751. The Morgan fingerprint density at radius 1 is 1.04 bits per heavy atom. The molecule has 1 aliphatic heterocycles. The number of nitrogens with zero attached hydrogens (tertiary/aromatic N) is 3. The number of aliphatic imine (C=N–C) groups is 1. The Morgan fingerprint density at radius 3 is 2.67 bits per heavy atom. The lowest BCUT2D eigenvalue weighted by Gasteiger charge is -2.14. The fourth-order valence-corrected chi connectivity index (χ4v) is 3.21. The average Bonchev–Trinajstić information content (AvgIpc) is 2.96. The van der Waals surface area contributed by atoms with Gasteiger partial charge in [-0.2, -0.15) is 0 Å². The van der Waals surface area contributed by atoms with E-state index in [0.717, 1.165) is 41.3 Å². The first-order valence-electron chi connectivity index (χ1n) is 8.28. The number of likely N-dealkylation sites (N-methyl/N-ethyl adjacent to an activating group) is 1. The number of aromatic nitrogens is 2. The average molecular weight is 316 g/mol. The molecule has 0 spiro atoms. The fourth-order valence-electron chi connectivity index (χ4n) is 3.21. The Kier molecular flexibility index (Phi) is 3.97. The van der Waals surface area contributed by atoms with Crippen LogP contribution in [0, 0.1) is 0 Å². The van der Waals surface area contributed by atoms with Crippen molar-refractivity contribution >= 4 is 5.71 Å². The fraction of sp³-hybridized carbons (Fsp3) is 0.200. The van der Waals surface area contributed by atoms with Gasteiger partial charge in [0.1, 0.15) is 5.82 Å². The number of fused-ring (bicyclic) bond motifs is 3. The zero-order valence-corrected chi connectivity index (χ0v) is 13.7. The van der Waals surface area contributed by atoms with Crippen LogP contribution in [0.2, 0.25) is 0 Å². The van der Waals surface area contributed by atoms with Gasteiger partial charge in [0.15, 0.2) is 0 Å². The zero-order valence-electron chi connectivity index (χ0n) is 13.7. The van der Waals surface area contributed by atoms with Gasteiger partial charge in [-0.25, -0.2) is 4.98 Å². The summed E-state index contributed by atoms with van der Waals surface area (Å²) < 4.78 is 2.27. The molecule has 2 aromatic carbocycles. The van der Waals surface area contributed by atoms with Crippen LogP contribution < -0.4 is 5.32 Å². The third-order valence-electron chi connectivity index (χ3n) is 4.36. The van der Waals surface area contributed by atoms with Crippen LogP contribution in [0.1, 0.15) is 22.6 Å². The van der Waals surface area contributed by atoms with Crippen LogP contribution >= 0.6 is 0 Å². The summed E-state index contributed by atoms with van der Waals surface area (Å²) >= 11 is 0. The van der Waals surface area contributed by atoms with E-state index in [1.807, 2.05) is 19.3 Å². The molecule has 120 valence electrons. The van der Waals surface area contributed by atoms with Crippen molar-refractivity contribution in [2.24, 2.45) is 4.99 Å². The standard InChI is InChI=1S/C20H20N4/c1-21-12-11-16-13-22-19-14-23-20(15-7-3-2-4-8-15)17-9-5-6-10-18(17)24(16)19/h2-10,13,21H,11-12,14H2,1H3. The van der Waals surface area contributed by atoms with Gasteiger partial charge in [-0.3, -0.25) is 9.56 Å². The molecule has 0 bridgehead atoms. The second-order valence-corrected chi connectivity index (χ2v) is 5.90. The molecular weight excluding hydrogens is 296 g/mol. The number of benzene rings is 2. The van der Waals surface area contributed by atoms with Crippen molar-refractivity contribution in [2.75, 3.05) is 13.6 Å². The molecule has 1 aromatic heterocycles. The second-order valence-electron chi connectivity index (χ2n) is 5.90. The van der Waals surface area contributed by atoms with Gasteiger partial charge in [-0.1, -0.05) is 48.5 Å². The topological polar surface area (TPSA) is 42.2 Å². The molecule has 1 aliphatic rings. The molecule has 0 saturated carbocycles. The number of imidazole rings is 1. The predicted octanol–water partition coefficient (Wildman–Crippen LogP) is 2.99. The molecular formula is C20H20N4. The minimum absolute atomic E-state index is 0.596. The number of nitrogens with one attached hydrogen (secondary N) is 1. The van der Waals surface area contributed by atoms with Gasteiger partial charge in [-0.05, 0) is 13.1 Å². The summed E-state index contributed by atoms with van der Waals surface area (Å²) in [6, 6.07) is 18.9. The molecule has 24 heavy (non-hydrogen) atoms. The first kappa shape index (κ1) is 14.8. The number of para-hydroxylation sites is 1. The normalized spacial score (nSPS) is 13.0. The van der Waals surface area contributed by atoms with E-state index in [1.54, 1.807) is 0 Å². The molecule has 0 radical (unpaired) electrons. The Bertz CT molecular complexity index is 878. The molecule has 4 rings (SSSR count). The van der Waals surface area contributed by atoms with E-state index in [4.69, 9.17) is 4.99 Å². The maximum Gasteiger partial charge on any atom is 0.135 e. The number of hydrogen-bond donors (Lipinski definition) is 1. The minimum atomic E-state index is 0.596. The first-order chi connectivity index (χ1) is 11.9. The summed E-state index contributed by atoms with van der Waals surface area (Å²) in [5, 5.41) is 3.22. The van der Waals surface area contributed by atoms with E-state index in [2.05, 4.69) is 63.4 Å². The van der Waals surface area contributed by atoms with Crippen LogP contribution in [-0.4, -0.2) is 28.9 Å². The van der Waals surface area contributed by atoms with E-state index in [0.29, 0.717) is 6.54 Å². The summed E-state index contributed by atoms with van der Waals surface area (Å²) in [5.74, 6) is 1.000. The molecule has 0 fully saturated rings. The summed E-state index contributed by atoms with van der Waals surface area (Å²) in [7, 11) is 1.98. The van der Waals surface area contributed by atoms with Gasteiger partial charge in [0.25, 0.3) is 0 Å². The smallest absolute Gasteiger partial charge is 0.135 e. The van der Waals surface area contributed by atoms with E-state index >= 15 is 0 Å². The molecule has 1 N–H and O–H groups in total. The molecule has 2 heterocycles. The van der Waals surface area contributed by atoms with Crippen molar-refractivity contribution in [1.82, 2.24) is 14.9 Å². The maximum atomic E-state index is 4.89. The van der Waals surface area contributed by atoms with Gasteiger partial charge in [0.05, 0.1) is 17.9 Å². The Balaban J connectivity index is 1.87. The molecule has 0 aliphatic carbocycles. The maximum absolute atomic E-state index is 4.89. The second kappa shape index (κ2) is 6.42. The Morgan fingerprint density at radius 2 is 1.83 bits per heavy atom. The lowest BCUT2D eigenvalue weighted by atomic mass is 10.0. The Hall–Kier alpha value is -2.72. The van der Waals surface area contributed by atoms with Crippen molar-refractivity contribution in [3.63, 3.8) is 0 Å². The van der Waals surface area contributed by atoms with Crippen molar-refractivity contribution < 1.29 is 0 Å². The summed E-state index contributed by atoms with van der Waals surface area (Å²) in [6.45, 7) is 1.53. The third kappa shape index (κ3) is 2.55. The van der Waals surface area contributed by atoms with E-state index in [9.17, 15) is 0 Å². The largest absolute Gasteiger partial charge is 0.319 e. The number of hydrogen-bond acceptors (Lipinski definition) is 3. The highest BCUT2D eigenvalue weighted by Crippen LogP contribution is 2.26. The first-order valence-corrected chi connectivity index (χ1v) is 8.28.